The van der Waals surface area contributed by atoms with E-state index in [4.69, 9.17) is 5.73 Å². The largest absolute Gasteiger partial charge is 0.411 e. The SMILES string of the molecule is NCC1CCN1CCOCC(F)(F)F. The summed E-state index contributed by atoms with van der Waals surface area (Å²) in [6.07, 6.45) is -3.18. The number of hydrogen-bond donors (Lipinski definition) is 1. The second-order valence-electron chi connectivity index (χ2n) is 3.38. The topological polar surface area (TPSA) is 38.5 Å². The molecule has 1 unspecified atom stereocenters. The molecule has 1 fully saturated rings. The number of nitrogens with two attached hydrogens (primary N) is 1. The highest BCUT2D eigenvalue weighted by Crippen LogP contribution is 2.16. The monoisotopic (exact) mass is 212 g/mol. The van der Waals surface area contributed by atoms with Crippen LogP contribution in [0, 0.1) is 0 Å². The van der Waals surface area contributed by atoms with E-state index in [-0.39, 0.29) is 6.61 Å². The maximum absolute atomic E-state index is 11.7. The van der Waals surface area contributed by atoms with Crippen molar-refractivity contribution in [3.63, 3.8) is 0 Å². The van der Waals surface area contributed by atoms with Crippen LogP contribution in [0.3, 0.4) is 0 Å². The zero-order valence-electron chi connectivity index (χ0n) is 7.89. The molecule has 1 aliphatic rings. The summed E-state index contributed by atoms with van der Waals surface area (Å²) in [5.41, 5.74) is 5.44. The smallest absolute Gasteiger partial charge is 0.371 e. The number of alkyl halides is 3. The van der Waals surface area contributed by atoms with Crippen molar-refractivity contribution in [1.82, 2.24) is 4.90 Å². The van der Waals surface area contributed by atoms with Crippen molar-refractivity contribution >= 4 is 0 Å². The van der Waals surface area contributed by atoms with Crippen molar-refractivity contribution in [3.8, 4) is 0 Å². The Kier molecular flexibility index (Phi) is 4.15. The van der Waals surface area contributed by atoms with E-state index in [1.807, 2.05) is 4.90 Å². The van der Waals surface area contributed by atoms with Gasteiger partial charge in [-0.3, -0.25) is 4.90 Å². The Morgan fingerprint density at radius 3 is 2.57 bits per heavy atom. The van der Waals surface area contributed by atoms with Crippen LogP contribution in [-0.4, -0.2) is 50.0 Å². The first-order valence-electron chi connectivity index (χ1n) is 4.61. The first kappa shape index (κ1) is 11.7. The molecule has 0 radical (unpaired) electrons. The van der Waals surface area contributed by atoms with Crippen molar-refractivity contribution in [2.75, 3.05) is 32.8 Å². The van der Waals surface area contributed by atoms with Crippen LogP contribution in [0.2, 0.25) is 0 Å². The van der Waals surface area contributed by atoms with E-state index in [0.717, 1.165) is 13.0 Å². The molecule has 0 aromatic carbocycles. The van der Waals surface area contributed by atoms with Crippen molar-refractivity contribution < 1.29 is 17.9 Å². The van der Waals surface area contributed by atoms with Crippen molar-refractivity contribution in [2.24, 2.45) is 5.73 Å². The summed E-state index contributed by atoms with van der Waals surface area (Å²) in [7, 11) is 0. The average Bonchev–Trinajstić information content (AvgIpc) is 2.00. The van der Waals surface area contributed by atoms with E-state index in [1.165, 1.54) is 0 Å². The molecule has 1 saturated heterocycles. The van der Waals surface area contributed by atoms with Gasteiger partial charge in [-0.25, -0.2) is 0 Å². The first-order chi connectivity index (χ1) is 6.53. The molecular weight excluding hydrogens is 197 g/mol. The first-order valence-corrected chi connectivity index (χ1v) is 4.61. The molecule has 14 heavy (non-hydrogen) atoms. The van der Waals surface area contributed by atoms with Gasteiger partial charge in [0.2, 0.25) is 0 Å². The summed E-state index contributed by atoms with van der Waals surface area (Å²) >= 11 is 0. The number of likely N-dealkylation sites (tertiary alicyclic amines) is 1. The molecule has 1 rings (SSSR count). The number of nitrogens with zero attached hydrogens (tertiary/aromatic N) is 1. The Balaban J connectivity index is 1.99. The Hall–Kier alpha value is -0.330. The molecule has 0 aliphatic carbocycles. The Labute approximate surface area is 81.0 Å². The van der Waals surface area contributed by atoms with E-state index in [2.05, 4.69) is 4.74 Å². The van der Waals surface area contributed by atoms with Gasteiger partial charge >= 0.3 is 6.18 Å². The van der Waals surface area contributed by atoms with Crippen LogP contribution < -0.4 is 5.73 Å². The third kappa shape index (κ3) is 3.81. The second kappa shape index (κ2) is 4.95. The molecule has 0 spiro atoms. The van der Waals surface area contributed by atoms with E-state index in [0.29, 0.717) is 19.1 Å². The van der Waals surface area contributed by atoms with Gasteiger partial charge in [-0.2, -0.15) is 13.2 Å². The zero-order valence-corrected chi connectivity index (χ0v) is 7.89. The molecule has 0 aromatic heterocycles. The highest BCUT2D eigenvalue weighted by atomic mass is 19.4. The molecule has 1 aliphatic heterocycles. The summed E-state index contributed by atoms with van der Waals surface area (Å²) in [6, 6.07) is 0.337. The van der Waals surface area contributed by atoms with E-state index in [1.54, 1.807) is 0 Å². The fraction of sp³-hybridized carbons (Fsp3) is 1.00. The highest BCUT2D eigenvalue weighted by molar-refractivity contribution is 4.82. The molecule has 0 aromatic rings. The standard InChI is InChI=1S/C8H15F3N2O/c9-8(10,11)6-14-4-3-13-2-1-7(13)5-12/h7H,1-6,12H2. The molecule has 2 N–H and O–H groups in total. The maximum Gasteiger partial charge on any atom is 0.411 e. The second-order valence-corrected chi connectivity index (χ2v) is 3.38. The molecule has 0 saturated carbocycles. The number of halogens is 3. The van der Waals surface area contributed by atoms with Crippen LogP contribution in [0.15, 0.2) is 0 Å². The van der Waals surface area contributed by atoms with Gasteiger partial charge in [0.25, 0.3) is 0 Å². The normalized spacial score (nSPS) is 23.6. The molecule has 1 heterocycles. The molecular formula is C8H15F3N2O. The third-order valence-corrected chi connectivity index (χ3v) is 2.33. The summed E-state index contributed by atoms with van der Waals surface area (Å²) in [4.78, 5) is 2.04. The predicted molar refractivity (Wildman–Crippen MR) is 45.9 cm³/mol. The Bertz CT molecular complexity index is 172. The number of hydrogen-bond acceptors (Lipinski definition) is 3. The van der Waals surface area contributed by atoms with Crippen LogP contribution in [0.25, 0.3) is 0 Å². The minimum absolute atomic E-state index is 0.121. The molecule has 84 valence electrons. The molecule has 6 heteroatoms. The third-order valence-electron chi connectivity index (χ3n) is 2.33. The van der Waals surface area contributed by atoms with E-state index in [9.17, 15) is 13.2 Å². The van der Waals surface area contributed by atoms with E-state index < -0.39 is 12.8 Å². The Morgan fingerprint density at radius 2 is 2.14 bits per heavy atom. The van der Waals surface area contributed by atoms with E-state index >= 15 is 0 Å². The summed E-state index contributed by atoms with van der Waals surface area (Å²) in [6.45, 7) is 0.985. The number of ether oxygens (including phenoxy) is 1. The van der Waals surface area contributed by atoms with Gasteiger partial charge in [0.15, 0.2) is 0 Å². The average molecular weight is 212 g/mol. The lowest BCUT2D eigenvalue weighted by Gasteiger charge is -2.40. The van der Waals surface area contributed by atoms with Crippen molar-refractivity contribution in [3.05, 3.63) is 0 Å². The summed E-state index contributed by atoms with van der Waals surface area (Å²) in [5, 5.41) is 0. The van der Waals surface area contributed by atoms with Crippen molar-refractivity contribution in [2.45, 2.75) is 18.6 Å². The molecule has 0 amide bonds. The van der Waals surface area contributed by atoms with Gasteiger partial charge < -0.3 is 10.5 Å². The predicted octanol–water partition coefficient (Wildman–Crippen LogP) is 0.598. The van der Waals surface area contributed by atoms with Crippen molar-refractivity contribution in [1.29, 1.82) is 0 Å². The van der Waals surface area contributed by atoms with Gasteiger partial charge in [0.1, 0.15) is 6.61 Å². The van der Waals surface area contributed by atoms with Gasteiger partial charge in [0, 0.05) is 25.7 Å². The Morgan fingerprint density at radius 1 is 1.43 bits per heavy atom. The minimum Gasteiger partial charge on any atom is -0.371 e. The summed E-state index contributed by atoms with van der Waals surface area (Å²) < 4.78 is 39.5. The highest BCUT2D eigenvalue weighted by Gasteiger charge is 2.29. The van der Waals surface area contributed by atoms with Crippen LogP contribution in [0.5, 0.6) is 0 Å². The van der Waals surface area contributed by atoms with Gasteiger partial charge in [0.05, 0.1) is 6.61 Å². The lowest BCUT2D eigenvalue weighted by atomic mass is 10.0. The lowest BCUT2D eigenvalue weighted by Crippen LogP contribution is -2.52. The van der Waals surface area contributed by atoms with Crippen LogP contribution in [0.4, 0.5) is 13.2 Å². The van der Waals surface area contributed by atoms with Gasteiger partial charge in [-0.1, -0.05) is 0 Å². The zero-order chi connectivity index (χ0) is 10.6. The molecule has 3 nitrogen and oxygen atoms in total. The summed E-state index contributed by atoms with van der Waals surface area (Å²) in [5.74, 6) is 0. The molecule has 1 atom stereocenters. The van der Waals surface area contributed by atoms with Crippen LogP contribution in [-0.2, 0) is 4.74 Å². The van der Waals surface area contributed by atoms with Gasteiger partial charge in [-0.05, 0) is 6.42 Å². The fourth-order valence-electron chi connectivity index (χ4n) is 1.43. The lowest BCUT2D eigenvalue weighted by molar-refractivity contribution is -0.175. The molecule has 0 bridgehead atoms. The fourth-order valence-corrected chi connectivity index (χ4v) is 1.43. The number of rotatable bonds is 5. The van der Waals surface area contributed by atoms with Gasteiger partial charge in [-0.15, -0.1) is 0 Å². The van der Waals surface area contributed by atoms with Crippen LogP contribution in [0.1, 0.15) is 6.42 Å². The maximum atomic E-state index is 11.7. The quantitative estimate of drug-likeness (QED) is 0.678. The minimum atomic E-state index is -4.22. The van der Waals surface area contributed by atoms with Crippen LogP contribution >= 0.6 is 0 Å².